The zero-order chi connectivity index (χ0) is 12.3. The molecule has 1 aromatic carbocycles. The minimum atomic E-state index is -0.235. The van der Waals surface area contributed by atoms with Gasteiger partial charge in [0.25, 0.3) is 0 Å². The summed E-state index contributed by atoms with van der Waals surface area (Å²) in [6.07, 6.45) is 3.79. The van der Waals surface area contributed by atoms with Crippen molar-refractivity contribution in [3.05, 3.63) is 52.0 Å². The molecule has 0 fully saturated rings. The molecule has 5 heteroatoms. The van der Waals surface area contributed by atoms with E-state index < -0.39 is 0 Å². The van der Waals surface area contributed by atoms with E-state index in [4.69, 9.17) is 0 Å². The maximum atomic E-state index is 13.0. The van der Waals surface area contributed by atoms with Crippen molar-refractivity contribution in [2.75, 3.05) is 0 Å². The first kappa shape index (κ1) is 12.3. The smallest absolute Gasteiger partial charge is 0.137 e. The highest BCUT2D eigenvalue weighted by Crippen LogP contribution is 2.16. The van der Waals surface area contributed by atoms with Gasteiger partial charge in [0, 0.05) is 31.9 Å². The molecule has 2 rings (SSSR count). The highest BCUT2D eigenvalue weighted by Gasteiger charge is 2.00. The molecule has 1 N–H and O–H groups in total. The summed E-state index contributed by atoms with van der Waals surface area (Å²) in [7, 11) is 1.89. The topological polar surface area (TPSA) is 29.9 Å². The predicted molar refractivity (Wildman–Crippen MR) is 67.9 cm³/mol. The van der Waals surface area contributed by atoms with E-state index in [1.165, 1.54) is 6.07 Å². The summed E-state index contributed by atoms with van der Waals surface area (Å²) in [6.45, 7) is 1.45. The lowest BCUT2D eigenvalue weighted by Crippen LogP contribution is -2.12. The fourth-order valence-corrected chi connectivity index (χ4v) is 1.99. The number of nitrogens with zero attached hydrogens (tertiary/aromatic N) is 2. The number of rotatable bonds is 4. The molecule has 17 heavy (non-hydrogen) atoms. The number of halogens is 2. The predicted octanol–water partition coefficient (Wildman–Crippen LogP) is 2.61. The van der Waals surface area contributed by atoms with E-state index in [2.05, 4.69) is 26.3 Å². The molecule has 0 bridgehead atoms. The van der Waals surface area contributed by atoms with E-state index in [1.54, 1.807) is 16.8 Å². The Kier molecular flexibility index (Phi) is 3.91. The zero-order valence-corrected chi connectivity index (χ0v) is 11.0. The molecule has 0 saturated heterocycles. The van der Waals surface area contributed by atoms with Crippen molar-refractivity contribution in [2.45, 2.75) is 13.1 Å². The third kappa shape index (κ3) is 3.38. The number of hydrogen-bond donors (Lipinski definition) is 1. The van der Waals surface area contributed by atoms with Gasteiger partial charge in [-0.25, -0.2) is 4.39 Å². The average Bonchev–Trinajstić information content (AvgIpc) is 2.70. The Morgan fingerprint density at radius 1 is 1.35 bits per heavy atom. The Bertz CT molecular complexity index is 510. The van der Waals surface area contributed by atoms with Crippen LogP contribution in [0.3, 0.4) is 0 Å². The van der Waals surface area contributed by atoms with E-state index in [1.807, 2.05) is 19.4 Å². The summed E-state index contributed by atoms with van der Waals surface area (Å²) in [4.78, 5) is 0. The molecule has 0 aliphatic heterocycles. The van der Waals surface area contributed by atoms with Crippen LogP contribution in [-0.2, 0) is 20.1 Å². The lowest BCUT2D eigenvalue weighted by atomic mass is 10.2. The van der Waals surface area contributed by atoms with Gasteiger partial charge < -0.3 is 5.32 Å². The Balaban J connectivity index is 1.87. The molecule has 0 saturated carbocycles. The third-order valence-electron chi connectivity index (χ3n) is 2.40. The quantitative estimate of drug-likeness (QED) is 0.940. The molecule has 1 heterocycles. The fraction of sp³-hybridized carbons (Fsp3) is 0.250. The van der Waals surface area contributed by atoms with E-state index in [0.717, 1.165) is 17.7 Å². The molecule has 0 aliphatic carbocycles. The van der Waals surface area contributed by atoms with Crippen LogP contribution in [0.4, 0.5) is 4.39 Å². The van der Waals surface area contributed by atoms with Gasteiger partial charge in [-0.05, 0) is 33.6 Å². The van der Waals surface area contributed by atoms with E-state index >= 15 is 0 Å². The number of hydrogen-bond acceptors (Lipinski definition) is 2. The maximum Gasteiger partial charge on any atom is 0.137 e. The first-order valence-electron chi connectivity index (χ1n) is 5.27. The van der Waals surface area contributed by atoms with Gasteiger partial charge in [-0.2, -0.15) is 5.10 Å². The monoisotopic (exact) mass is 297 g/mol. The minimum Gasteiger partial charge on any atom is -0.309 e. The lowest BCUT2D eigenvalue weighted by Gasteiger charge is -2.04. The molecule has 0 spiro atoms. The van der Waals surface area contributed by atoms with Crippen LogP contribution in [0.15, 0.2) is 35.1 Å². The number of benzene rings is 1. The summed E-state index contributed by atoms with van der Waals surface area (Å²) in [5.41, 5.74) is 2.18. The van der Waals surface area contributed by atoms with Crippen LogP contribution in [0.5, 0.6) is 0 Å². The first-order chi connectivity index (χ1) is 8.15. The van der Waals surface area contributed by atoms with Crippen molar-refractivity contribution in [1.29, 1.82) is 0 Å². The fourth-order valence-electron chi connectivity index (χ4n) is 1.56. The third-order valence-corrected chi connectivity index (χ3v) is 3.01. The van der Waals surface area contributed by atoms with Crippen LogP contribution in [0.2, 0.25) is 0 Å². The average molecular weight is 298 g/mol. The van der Waals surface area contributed by atoms with E-state index in [0.29, 0.717) is 11.0 Å². The van der Waals surface area contributed by atoms with Gasteiger partial charge in [0.2, 0.25) is 0 Å². The molecular weight excluding hydrogens is 285 g/mol. The normalized spacial score (nSPS) is 10.8. The van der Waals surface area contributed by atoms with Crippen LogP contribution >= 0.6 is 15.9 Å². The summed E-state index contributed by atoms with van der Waals surface area (Å²) in [5, 5.41) is 7.37. The van der Waals surface area contributed by atoms with Crippen molar-refractivity contribution in [3.63, 3.8) is 0 Å². The molecule has 0 aliphatic rings. The summed E-state index contributed by atoms with van der Waals surface area (Å²) in [5.74, 6) is -0.235. The number of aryl methyl sites for hydroxylation is 1. The maximum absolute atomic E-state index is 13.0. The van der Waals surface area contributed by atoms with Crippen LogP contribution in [0, 0.1) is 5.82 Å². The molecule has 3 nitrogen and oxygen atoms in total. The van der Waals surface area contributed by atoms with Gasteiger partial charge >= 0.3 is 0 Å². The highest BCUT2D eigenvalue weighted by atomic mass is 79.9. The standard InChI is InChI=1S/C12H13BrFN3/c1-17-8-10(7-16-17)6-15-5-9-2-3-12(14)11(13)4-9/h2-4,7-8,15H,5-6H2,1H3. The second-order valence-electron chi connectivity index (χ2n) is 3.87. The molecule has 1 aromatic heterocycles. The minimum absolute atomic E-state index is 0.235. The van der Waals surface area contributed by atoms with E-state index in [9.17, 15) is 4.39 Å². The Morgan fingerprint density at radius 3 is 2.76 bits per heavy atom. The van der Waals surface area contributed by atoms with Crippen molar-refractivity contribution in [2.24, 2.45) is 7.05 Å². The highest BCUT2D eigenvalue weighted by molar-refractivity contribution is 9.10. The van der Waals surface area contributed by atoms with E-state index in [-0.39, 0.29) is 5.82 Å². The number of nitrogens with one attached hydrogen (secondary N) is 1. The van der Waals surface area contributed by atoms with Crippen molar-refractivity contribution in [3.8, 4) is 0 Å². The second kappa shape index (κ2) is 5.42. The first-order valence-corrected chi connectivity index (χ1v) is 6.06. The Labute approximate surface area is 108 Å². The number of aromatic nitrogens is 2. The van der Waals surface area contributed by atoms with Crippen LogP contribution in [0.25, 0.3) is 0 Å². The SMILES string of the molecule is Cn1cc(CNCc2ccc(F)c(Br)c2)cn1. The van der Waals surface area contributed by atoms with Gasteiger partial charge in [-0.1, -0.05) is 6.07 Å². The molecule has 2 aromatic rings. The lowest BCUT2D eigenvalue weighted by molar-refractivity contribution is 0.618. The van der Waals surface area contributed by atoms with Gasteiger partial charge in [0.15, 0.2) is 0 Å². The molecule has 0 atom stereocenters. The van der Waals surface area contributed by atoms with Crippen LogP contribution in [-0.4, -0.2) is 9.78 Å². The van der Waals surface area contributed by atoms with Crippen LogP contribution < -0.4 is 5.32 Å². The van der Waals surface area contributed by atoms with Gasteiger partial charge in [0.05, 0.1) is 10.7 Å². The van der Waals surface area contributed by atoms with Crippen molar-refractivity contribution < 1.29 is 4.39 Å². The molecule has 90 valence electrons. The molecule has 0 unspecified atom stereocenters. The molecule has 0 radical (unpaired) electrons. The van der Waals surface area contributed by atoms with Gasteiger partial charge in [-0.3, -0.25) is 4.68 Å². The summed E-state index contributed by atoms with van der Waals surface area (Å²) >= 11 is 3.17. The summed E-state index contributed by atoms with van der Waals surface area (Å²) < 4.78 is 15.3. The van der Waals surface area contributed by atoms with Crippen molar-refractivity contribution in [1.82, 2.24) is 15.1 Å². The van der Waals surface area contributed by atoms with Gasteiger partial charge in [-0.15, -0.1) is 0 Å². The second-order valence-corrected chi connectivity index (χ2v) is 4.73. The van der Waals surface area contributed by atoms with Crippen LogP contribution in [0.1, 0.15) is 11.1 Å². The summed E-state index contributed by atoms with van der Waals surface area (Å²) in [6, 6.07) is 5.02. The molecular formula is C12H13BrFN3. The van der Waals surface area contributed by atoms with Gasteiger partial charge in [0.1, 0.15) is 5.82 Å². The Hall–Kier alpha value is -1.20. The molecule has 0 amide bonds. The van der Waals surface area contributed by atoms with Crippen molar-refractivity contribution >= 4 is 15.9 Å². The zero-order valence-electron chi connectivity index (χ0n) is 9.45. The largest absolute Gasteiger partial charge is 0.309 e. The Morgan fingerprint density at radius 2 is 2.12 bits per heavy atom.